The van der Waals surface area contributed by atoms with Crippen molar-refractivity contribution in [2.24, 2.45) is 0 Å². The molecule has 84 valence electrons. The van der Waals surface area contributed by atoms with Crippen molar-refractivity contribution in [3.63, 3.8) is 0 Å². The van der Waals surface area contributed by atoms with Crippen LogP contribution in [0.2, 0.25) is 0 Å². The van der Waals surface area contributed by atoms with E-state index >= 15 is 0 Å². The molecule has 15 heavy (non-hydrogen) atoms. The van der Waals surface area contributed by atoms with Crippen molar-refractivity contribution < 1.29 is 0 Å². The zero-order chi connectivity index (χ0) is 11.5. The van der Waals surface area contributed by atoms with Crippen LogP contribution in [-0.2, 0) is 11.8 Å². The van der Waals surface area contributed by atoms with Gasteiger partial charge in [-0.15, -0.1) is 0 Å². The quantitative estimate of drug-likeness (QED) is 0.787. The lowest BCUT2D eigenvalue weighted by atomic mass is 9.85. The second kappa shape index (κ2) is 4.69. The molecule has 1 rings (SSSR count). The normalized spacial score (nSPS) is 11.5. The third-order valence-electron chi connectivity index (χ3n) is 2.76. The summed E-state index contributed by atoms with van der Waals surface area (Å²) in [5.74, 6) is 0. The fourth-order valence-electron chi connectivity index (χ4n) is 1.78. The summed E-state index contributed by atoms with van der Waals surface area (Å²) in [6.07, 6.45) is 2.35. The maximum atomic E-state index is 3.26. The van der Waals surface area contributed by atoms with Gasteiger partial charge in [-0.05, 0) is 29.0 Å². The van der Waals surface area contributed by atoms with E-state index in [1.54, 1.807) is 0 Å². The maximum absolute atomic E-state index is 3.26. The highest BCUT2D eigenvalue weighted by molar-refractivity contribution is 5.53. The van der Waals surface area contributed by atoms with Gasteiger partial charge in [0.1, 0.15) is 0 Å². The van der Waals surface area contributed by atoms with Crippen molar-refractivity contribution in [2.45, 2.75) is 46.0 Å². The van der Waals surface area contributed by atoms with Gasteiger partial charge >= 0.3 is 0 Å². The highest BCUT2D eigenvalue weighted by Gasteiger charge is 2.14. The molecule has 1 nitrogen and oxygen atoms in total. The Balaban J connectivity index is 3.10. The highest BCUT2D eigenvalue weighted by atomic mass is 14.8. The van der Waals surface area contributed by atoms with E-state index in [1.165, 1.54) is 23.2 Å². The summed E-state index contributed by atoms with van der Waals surface area (Å²) in [5.41, 5.74) is 4.37. The molecule has 0 amide bonds. The SMILES string of the molecule is CCCc1cc(C(C)(C)C)ccc1NC. The van der Waals surface area contributed by atoms with Crippen LogP contribution in [0.5, 0.6) is 0 Å². The first-order valence-electron chi connectivity index (χ1n) is 5.80. The first kappa shape index (κ1) is 12.1. The van der Waals surface area contributed by atoms with E-state index in [1.807, 2.05) is 7.05 Å². The van der Waals surface area contributed by atoms with Crippen LogP contribution in [0.4, 0.5) is 5.69 Å². The first-order valence-corrected chi connectivity index (χ1v) is 5.80. The molecule has 1 aromatic rings. The van der Waals surface area contributed by atoms with Gasteiger partial charge in [-0.3, -0.25) is 0 Å². The fourth-order valence-corrected chi connectivity index (χ4v) is 1.78. The third kappa shape index (κ3) is 2.98. The zero-order valence-corrected chi connectivity index (χ0v) is 10.6. The Morgan fingerprint density at radius 1 is 1.20 bits per heavy atom. The first-order chi connectivity index (χ1) is 6.99. The van der Waals surface area contributed by atoms with Crippen LogP contribution in [0.3, 0.4) is 0 Å². The molecule has 0 atom stereocenters. The van der Waals surface area contributed by atoms with Crippen molar-refractivity contribution in [3.8, 4) is 0 Å². The molecule has 0 aliphatic heterocycles. The molecule has 1 heteroatoms. The third-order valence-corrected chi connectivity index (χ3v) is 2.76. The molecule has 0 aliphatic rings. The van der Waals surface area contributed by atoms with E-state index in [9.17, 15) is 0 Å². The van der Waals surface area contributed by atoms with Crippen LogP contribution in [0.15, 0.2) is 18.2 Å². The van der Waals surface area contributed by atoms with Crippen LogP contribution in [0.1, 0.15) is 45.2 Å². The Hall–Kier alpha value is -0.980. The van der Waals surface area contributed by atoms with E-state index in [4.69, 9.17) is 0 Å². The van der Waals surface area contributed by atoms with Gasteiger partial charge in [0.2, 0.25) is 0 Å². The summed E-state index contributed by atoms with van der Waals surface area (Å²) in [5, 5.41) is 3.26. The number of rotatable bonds is 3. The van der Waals surface area contributed by atoms with Gasteiger partial charge in [-0.25, -0.2) is 0 Å². The minimum absolute atomic E-state index is 0.245. The largest absolute Gasteiger partial charge is 0.388 e. The molecule has 0 spiro atoms. The lowest BCUT2D eigenvalue weighted by Gasteiger charge is -2.21. The molecule has 0 aromatic heterocycles. The van der Waals surface area contributed by atoms with Crippen LogP contribution in [0.25, 0.3) is 0 Å². The van der Waals surface area contributed by atoms with Crippen LogP contribution in [0, 0.1) is 0 Å². The molecule has 0 radical (unpaired) electrons. The number of benzene rings is 1. The summed E-state index contributed by atoms with van der Waals surface area (Å²) in [4.78, 5) is 0. The zero-order valence-electron chi connectivity index (χ0n) is 10.6. The summed E-state index contributed by atoms with van der Waals surface area (Å²) >= 11 is 0. The van der Waals surface area contributed by atoms with E-state index in [2.05, 4.69) is 51.2 Å². The number of hydrogen-bond acceptors (Lipinski definition) is 1. The number of hydrogen-bond donors (Lipinski definition) is 1. The average molecular weight is 205 g/mol. The van der Waals surface area contributed by atoms with Crippen molar-refractivity contribution in [3.05, 3.63) is 29.3 Å². The molecule has 0 bridgehead atoms. The van der Waals surface area contributed by atoms with Crippen molar-refractivity contribution in [1.29, 1.82) is 0 Å². The van der Waals surface area contributed by atoms with Crippen LogP contribution < -0.4 is 5.32 Å². The van der Waals surface area contributed by atoms with Gasteiger partial charge in [0.15, 0.2) is 0 Å². The number of nitrogens with one attached hydrogen (secondary N) is 1. The molecule has 0 unspecified atom stereocenters. The molecule has 1 aromatic carbocycles. The standard InChI is InChI=1S/C14H23N/c1-6-7-11-10-12(14(2,3)4)8-9-13(11)15-5/h8-10,15H,6-7H2,1-5H3. The van der Waals surface area contributed by atoms with Crippen molar-refractivity contribution in [1.82, 2.24) is 0 Å². The Morgan fingerprint density at radius 2 is 1.87 bits per heavy atom. The van der Waals surface area contributed by atoms with E-state index in [0.29, 0.717) is 0 Å². The topological polar surface area (TPSA) is 12.0 Å². The maximum Gasteiger partial charge on any atom is 0.0370 e. The number of anilines is 1. The van der Waals surface area contributed by atoms with Crippen molar-refractivity contribution in [2.75, 3.05) is 12.4 Å². The molecule has 0 saturated carbocycles. The van der Waals surface area contributed by atoms with E-state index < -0.39 is 0 Å². The molecule has 0 fully saturated rings. The molecular formula is C14H23N. The predicted octanol–water partition coefficient (Wildman–Crippen LogP) is 3.98. The Kier molecular flexibility index (Phi) is 3.78. The van der Waals surface area contributed by atoms with Gasteiger partial charge in [-0.1, -0.05) is 46.2 Å². The molecule has 0 saturated heterocycles. The monoisotopic (exact) mass is 205 g/mol. The number of aryl methyl sites for hydroxylation is 1. The summed E-state index contributed by atoms with van der Waals surface area (Å²) in [6.45, 7) is 9.01. The van der Waals surface area contributed by atoms with E-state index in [0.717, 1.165) is 6.42 Å². The summed E-state index contributed by atoms with van der Waals surface area (Å²) in [6, 6.07) is 6.77. The lowest BCUT2D eigenvalue weighted by Crippen LogP contribution is -2.12. The Bertz CT molecular complexity index is 321. The van der Waals surface area contributed by atoms with Gasteiger partial charge < -0.3 is 5.32 Å². The summed E-state index contributed by atoms with van der Waals surface area (Å²) < 4.78 is 0. The molecule has 0 aliphatic carbocycles. The second-order valence-electron chi connectivity index (χ2n) is 5.12. The fraction of sp³-hybridized carbons (Fsp3) is 0.571. The van der Waals surface area contributed by atoms with Gasteiger partial charge in [0, 0.05) is 12.7 Å². The Labute approximate surface area is 93.9 Å². The smallest absolute Gasteiger partial charge is 0.0370 e. The average Bonchev–Trinajstić information content (AvgIpc) is 2.17. The second-order valence-corrected chi connectivity index (χ2v) is 5.12. The van der Waals surface area contributed by atoms with Crippen LogP contribution in [-0.4, -0.2) is 7.05 Å². The summed E-state index contributed by atoms with van der Waals surface area (Å²) in [7, 11) is 1.99. The molecule has 1 N–H and O–H groups in total. The van der Waals surface area contributed by atoms with Gasteiger partial charge in [-0.2, -0.15) is 0 Å². The van der Waals surface area contributed by atoms with Gasteiger partial charge in [0.05, 0.1) is 0 Å². The minimum atomic E-state index is 0.245. The Morgan fingerprint density at radius 3 is 2.33 bits per heavy atom. The highest BCUT2D eigenvalue weighted by Crippen LogP contribution is 2.27. The lowest BCUT2D eigenvalue weighted by molar-refractivity contribution is 0.589. The molecule has 0 heterocycles. The van der Waals surface area contributed by atoms with Crippen LogP contribution >= 0.6 is 0 Å². The van der Waals surface area contributed by atoms with Gasteiger partial charge in [0.25, 0.3) is 0 Å². The molecular weight excluding hydrogens is 182 g/mol. The predicted molar refractivity (Wildman–Crippen MR) is 68.7 cm³/mol. The van der Waals surface area contributed by atoms with Crippen molar-refractivity contribution >= 4 is 5.69 Å². The van der Waals surface area contributed by atoms with E-state index in [-0.39, 0.29) is 5.41 Å². The minimum Gasteiger partial charge on any atom is -0.388 e.